The topological polar surface area (TPSA) is 50.4 Å². The molecule has 0 bridgehead atoms. The summed E-state index contributed by atoms with van der Waals surface area (Å²) in [5, 5.41) is 4.59. The van der Waals surface area contributed by atoms with Crippen molar-refractivity contribution in [2.75, 3.05) is 17.7 Å². The average molecular weight is 357 g/mol. The van der Waals surface area contributed by atoms with E-state index in [4.69, 9.17) is 4.74 Å². The van der Waals surface area contributed by atoms with Crippen molar-refractivity contribution in [2.24, 2.45) is 0 Å². The number of benzene rings is 2. The summed E-state index contributed by atoms with van der Waals surface area (Å²) in [6.45, 7) is 0. The van der Waals surface area contributed by atoms with Gasteiger partial charge in [-0.15, -0.1) is 0 Å². The van der Waals surface area contributed by atoms with Gasteiger partial charge < -0.3 is 15.4 Å². The van der Waals surface area contributed by atoms with Crippen LogP contribution in [0.3, 0.4) is 0 Å². The first-order valence-electron chi connectivity index (χ1n) is 5.86. The molecule has 0 aliphatic heterocycles. The van der Waals surface area contributed by atoms with Crippen molar-refractivity contribution < 1.29 is 18.3 Å². The van der Waals surface area contributed by atoms with Gasteiger partial charge in [-0.05, 0) is 24.3 Å². The number of carbonyl (C=O) groups excluding carboxylic acids is 1. The van der Waals surface area contributed by atoms with E-state index in [0.717, 1.165) is 12.1 Å². The Morgan fingerprint density at radius 3 is 2.43 bits per heavy atom. The molecule has 7 heteroatoms. The van der Waals surface area contributed by atoms with Gasteiger partial charge in [0.1, 0.15) is 11.4 Å². The molecule has 110 valence electrons. The third kappa shape index (κ3) is 3.91. The number of urea groups is 1. The van der Waals surface area contributed by atoms with Crippen molar-refractivity contribution in [3.8, 4) is 5.75 Å². The second-order valence-electron chi connectivity index (χ2n) is 4.06. The molecule has 0 heterocycles. The van der Waals surface area contributed by atoms with Crippen molar-refractivity contribution in [1.82, 2.24) is 0 Å². The van der Waals surface area contributed by atoms with Gasteiger partial charge in [0, 0.05) is 16.2 Å². The molecule has 0 saturated carbocycles. The molecule has 2 N–H and O–H groups in total. The van der Waals surface area contributed by atoms with Crippen LogP contribution in [-0.2, 0) is 0 Å². The van der Waals surface area contributed by atoms with E-state index in [1.807, 2.05) is 0 Å². The summed E-state index contributed by atoms with van der Waals surface area (Å²) < 4.78 is 32.4. The van der Waals surface area contributed by atoms with Gasteiger partial charge in [0.05, 0.1) is 7.11 Å². The molecule has 0 atom stereocenters. The van der Waals surface area contributed by atoms with Crippen molar-refractivity contribution in [1.29, 1.82) is 0 Å². The first kappa shape index (κ1) is 15.2. The number of methoxy groups -OCH3 is 1. The number of hydrogen-bond acceptors (Lipinski definition) is 2. The third-order valence-corrected chi connectivity index (χ3v) is 3.03. The molecule has 4 nitrogen and oxygen atoms in total. The Morgan fingerprint density at radius 2 is 1.81 bits per heavy atom. The highest BCUT2D eigenvalue weighted by Crippen LogP contribution is 2.24. The van der Waals surface area contributed by atoms with Gasteiger partial charge >= 0.3 is 6.03 Å². The van der Waals surface area contributed by atoms with Gasteiger partial charge in [0.15, 0.2) is 11.6 Å². The normalized spacial score (nSPS) is 10.1. The van der Waals surface area contributed by atoms with E-state index < -0.39 is 23.4 Å². The van der Waals surface area contributed by atoms with Gasteiger partial charge in [-0.25, -0.2) is 13.6 Å². The SMILES string of the molecule is COc1cccc(NC(=O)Nc2c(F)cc(Br)cc2F)c1. The lowest BCUT2D eigenvalue weighted by molar-refractivity contribution is 0.262. The number of halogens is 3. The summed E-state index contributed by atoms with van der Waals surface area (Å²) in [5.74, 6) is -1.20. The maximum absolute atomic E-state index is 13.6. The van der Waals surface area contributed by atoms with Crippen molar-refractivity contribution >= 4 is 33.3 Å². The van der Waals surface area contributed by atoms with Crippen LogP contribution in [-0.4, -0.2) is 13.1 Å². The number of rotatable bonds is 3. The second kappa shape index (κ2) is 6.53. The third-order valence-electron chi connectivity index (χ3n) is 2.57. The lowest BCUT2D eigenvalue weighted by Gasteiger charge is -2.10. The van der Waals surface area contributed by atoms with Crippen LogP contribution in [0.2, 0.25) is 0 Å². The summed E-state index contributed by atoms with van der Waals surface area (Å²) in [4.78, 5) is 11.8. The maximum Gasteiger partial charge on any atom is 0.323 e. The molecule has 0 fully saturated rings. The number of nitrogens with one attached hydrogen (secondary N) is 2. The van der Waals surface area contributed by atoms with E-state index in [1.165, 1.54) is 7.11 Å². The maximum atomic E-state index is 13.6. The minimum absolute atomic E-state index is 0.247. The molecule has 2 aromatic carbocycles. The van der Waals surface area contributed by atoms with E-state index in [-0.39, 0.29) is 4.47 Å². The molecular weight excluding hydrogens is 346 g/mol. The quantitative estimate of drug-likeness (QED) is 0.857. The zero-order valence-corrected chi connectivity index (χ0v) is 12.5. The number of anilines is 2. The van der Waals surface area contributed by atoms with E-state index in [9.17, 15) is 13.6 Å². The molecule has 0 aliphatic rings. The Kier molecular flexibility index (Phi) is 4.74. The highest BCUT2D eigenvalue weighted by molar-refractivity contribution is 9.10. The molecule has 2 aromatic rings. The summed E-state index contributed by atoms with van der Waals surface area (Å²) in [6, 6.07) is 7.94. The van der Waals surface area contributed by atoms with Crippen LogP contribution in [0.15, 0.2) is 40.9 Å². The fourth-order valence-electron chi connectivity index (χ4n) is 1.64. The van der Waals surface area contributed by atoms with Gasteiger partial charge in [0.25, 0.3) is 0 Å². The molecule has 21 heavy (non-hydrogen) atoms. The molecule has 2 rings (SSSR count). The zero-order valence-electron chi connectivity index (χ0n) is 10.9. The Labute approximate surface area is 128 Å². The highest BCUT2D eigenvalue weighted by Gasteiger charge is 2.13. The largest absolute Gasteiger partial charge is 0.497 e. The van der Waals surface area contributed by atoms with E-state index in [2.05, 4.69) is 26.6 Å². The first-order valence-corrected chi connectivity index (χ1v) is 6.65. The van der Waals surface area contributed by atoms with Gasteiger partial charge in [-0.1, -0.05) is 22.0 Å². The van der Waals surface area contributed by atoms with Crippen molar-refractivity contribution in [2.45, 2.75) is 0 Å². The minimum atomic E-state index is -0.873. The Hall–Kier alpha value is -2.15. The molecular formula is C14H11BrF2N2O2. The number of hydrogen-bond donors (Lipinski definition) is 2. The smallest absolute Gasteiger partial charge is 0.323 e. The predicted molar refractivity (Wildman–Crippen MR) is 79.7 cm³/mol. The standard InChI is InChI=1S/C14H11BrF2N2O2/c1-21-10-4-2-3-9(7-10)18-14(20)19-13-11(16)5-8(15)6-12(13)17/h2-7H,1H3,(H2,18,19,20). The Balaban J connectivity index is 2.12. The monoisotopic (exact) mass is 356 g/mol. The number of amides is 2. The van der Waals surface area contributed by atoms with Crippen LogP contribution in [0.25, 0.3) is 0 Å². The predicted octanol–water partition coefficient (Wildman–Crippen LogP) is 4.38. The second-order valence-corrected chi connectivity index (χ2v) is 4.97. The van der Waals surface area contributed by atoms with E-state index in [0.29, 0.717) is 11.4 Å². The Morgan fingerprint density at radius 1 is 1.14 bits per heavy atom. The minimum Gasteiger partial charge on any atom is -0.497 e. The van der Waals surface area contributed by atoms with Crippen LogP contribution < -0.4 is 15.4 Å². The lowest BCUT2D eigenvalue weighted by atomic mass is 10.3. The first-order chi connectivity index (χ1) is 9.99. The van der Waals surface area contributed by atoms with Crippen LogP contribution in [0, 0.1) is 11.6 Å². The number of carbonyl (C=O) groups is 1. The summed E-state index contributed by atoms with van der Waals surface area (Å²) in [7, 11) is 1.49. The van der Waals surface area contributed by atoms with Crippen molar-refractivity contribution in [3.63, 3.8) is 0 Å². The summed E-state index contributed by atoms with van der Waals surface area (Å²) in [6.07, 6.45) is 0. The molecule has 0 aliphatic carbocycles. The summed E-state index contributed by atoms with van der Waals surface area (Å²) >= 11 is 2.96. The van der Waals surface area contributed by atoms with Crippen LogP contribution in [0.1, 0.15) is 0 Å². The molecule has 0 saturated heterocycles. The number of ether oxygens (including phenoxy) is 1. The fraction of sp³-hybridized carbons (Fsp3) is 0.0714. The molecule has 0 radical (unpaired) electrons. The van der Waals surface area contributed by atoms with Gasteiger partial charge in [-0.3, -0.25) is 0 Å². The van der Waals surface area contributed by atoms with Gasteiger partial charge in [0.2, 0.25) is 0 Å². The molecule has 0 spiro atoms. The van der Waals surface area contributed by atoms with E-state index in [1.54, 1.807) is 24.3 Å². The van der Waals surface area contributed by atoms with E-state index >= 15 is 0 Å². The molecule has 2 amide bonds. The molecule has 0 aromatic heterocycles. The zero-order chi connectivity index (χ0) is 15.4. The average Bonchev–Trinajstić information content (AvgIpc) is 2.43. The highest BCUT2D eigenvalue weighted by atomic mass is 79.9. The lowest BCUT2D eigenvalue weighted by Crippen LogP contribution is -2.21. The van der Waals surface area contributed by atoms with Crippen LogP contribution in [0.4, 0.5) is 25.0 Å². The van der Waals surface area contributed by atoms with Crippen LogP contribution >= 0.6 is 15.9 Å². The Bertz CT molecular complexity index is 657. The van der Waals surface area contributed by atoms with Gasteiger partial charge in [-0.2, -0.15) is 0 Å². The van der Waals surface area contributed by atoms with Crippen LogP contribution in [0.5, 0.6) is 5.75 Å². The van der Waals surface area contributed by atoms with Crippen molar-refractivity contribution in [3.05, 3.63) is 52.5 Å². The molecule has 0 unspecified atom stereocenters. The fourth-order valence-corrected chi connectivity index (χ4v) is 2.04. The summed E-state index contributed by atoms with van der Waals surface area (Å²) in [5.41, 5.74) is -0.0802.